The molecule has 0 aliphatic heterocycles. The zero-order valence-corrected chi connectivity index (χ0v) is 9.01. The fourth-order valence-corrected chi connectivity index (χ4v) is 2.03. The molecule has 0 saturated carbocycles. The molecular weight excluding hydrogens is 208 g/mol. The van der Waals surface area contributed by atoms with Gasteiger partial charge >= 0.3 is 0 Å². The molecule has 78 valence electrons. The highest BCUT2D eigenvalue weighted by molar-refractivity contribution is 7.09. The number of nitrogens with one attached hydrogen (secondary N) is 2. The second-order valence-corrected chi connectivity index (χ2v) is 4.22. The minimum Gasteiger partial charge on any atom is -0.367 e. The van der Waals surface area contributed by atoms with E-state index in [1.807, 2.05) is 11.4 Å². The van der Waals surface area contributed by atoms with Crippen molar-refractivity contribution in [2.45, 2.75) is 6.42 Å². The van der Waals surface area contributed by atoms with Crippen LogP contribution in [-0.4, -0.2) is 17.4 Å². The summed E-state index contributed by atoms with van der Waals surface area (Å²) in [4.78, 5) is 15.7. The van der Waals surface area contributed by atoms with Crippen molar-refractivity contribution >= 4 is 17.2 Å². The van der Waals surface area contributed by atoms with Crippen LogP contribution in [0.1, 0.15) is 15.2 Å². The van der Waals surface area contributed by atoms with Gasteiger partial charge in [-0.05, 0) is 23.9 Å². The van der Waals surface area contributed by atoms with Gasteiger partial charge in [0, 0.05) is 23.8 Å². The topological polar surface area (TPSA) is 44.9 Å². The van der Waals surface area contributed by atoms with Crippen LogP contribution in [0.2, 0.25) is 0 Å². The first-order chi connectivity index (χ1) is 7.36. The van der Waals surface area contributed by atoms with E-state index in [2.05, 4.69) is 16.4 Å². The third-order valence-electron chi connectivity index (χ3n) is 2.10. The maximum atomic E-state index is 11.5. The van der Waals surface area contributed by atoms with Crippen molar-refractivity contribution in [2.75, 3.05) is 6.54 Å². The third-order valence-corrected chi connectivity index (χ3v) is 3.03. The zero-order chi connectivity index (χ0) is 10.5. The Hall–Kier alpha value is -1.55. The van der Waals surface area contributed by atoms with Crippen LogP contribution in [0.25, 0.3) is 0 Å². The van der Waals surface area contributed by atoms with E-state index >= 15 is 0 Å². The summed E-state index contributed by atoms with van der Waals surface area (Å²) >= 11 is 1.71. The summed E-state index contributed by atoms with van der Waals surface area (Å²) < 4.78 is 0. The summed E-state index contributed by atoms with van der Waals surface area (Å²) in [6.07, 6.45) is 4.34. The number of H-pyrrole nitrogens is 1. The molecule has 15 heavy (non-hydrogen) atoms. The molecule has 4 heteroatoms. The minimum absolute atomic E-state index is 0.0205. The largest absolute Gasteiger partial charge is 0.367 e. The minimum atomic E-state index is -0.0205. The molecule has 0 fully saturated rings. The number of hydrogen-bond acceptors (Lipinski definition) is 2. The molecular formula is C11H12N2OS. The normalized spacial score (nSPS) is 10.1. The molecule has 0 aromatic carbocycles. The lowest BCUT2D eigenvalue weighted by Gasteiger charge is -2.01. The van der Waals surface area contributed by atoms with Gasteiger partial charge in [0.1, 0.15) is 0 Å². The van der Waals surface area contributed by atoms with Gasteiger partial charge in [-0.3, -0.25) is 4.79 Å². The van der Waals surface area contributed by atoms with Gasteiger partial charge < -0.3 is 10.3 Å². The first kappa shape index (κ1) is 9.98. The van der Waals surface area contributed by atoms with Crippen LogP contribution in [-0.2, 0) is 6.42 Å². The van der Waals surface area contributed by atoms with Crippen LogP contribution in [0.3, 0.4) is 0 Å². The van der Waals surface area contributed by atoms with Crippen LogP contribution in [0.5, 0.6) is 0 Å². The van der Waals surface area contributed by atoms with E-state index in [0.29, 0.717) is 12.1 Å². The molecule has 0 saturated heterocycles. The summed E-state index contributed by atoms with van der Waals surface area (Å²) in [6.45, 7) is 0.685. The van der Waals surface area contributed by atoms with Gasteiger partial charge in [0.2, 0.25) is 0 Å². The first-order valence-electron chi connectivity index (χ1n) is 4.79. The van der Waals surface area contributed by atoms with Gasteiger partial charge in [0.15, 0.2) is 0 Å². The Morgan fingerprint density at radius 2 is 2.40 bits per heavy atom. The number of amides is 1. The van der Waals surface area contributed by atoms with Gasteiger partial charge in [-0.15, -0.1) is 11.3 Å². The average Bonchev–Trinajstić information content (AvgIpc) is 2.90. The second-order valence-electron chi connectivity index (χ2n) is 3.18. The van der Waals surface area contributed by atoms with Crippen LogP contribution in [0, 0.1) is 0 Å². The molecule has 2 heterocycles. The number of thiophene rings is 1. The summed E-state index contributed by atoms with van der Waals surface area (Å²) in [5, 5.41) is 4.92. The highest BCUT2D eigenvalue weighted by atomic mass is 32.1. The predicted octanol–water partition coefficient (Wildman–Crippen LogP) is 2.05. The van der Waals surface area contributed by atoms with Crippen molar-refractivity contribution in [1.82, 2.24) is 10.3 Å². The van der Waals surface area contributed by atoms with Crippen LogP contribution >= 0.6 is 11.3 Å². The van der Waals surface area contributed by atoms with Crippen molar-refractivity contribution in [3.05, 3.63) is 46.4 Å². The predicted molar refractivity (Wildman–Crippen MR) is 61.1 cm³/mol. The first-order valence-corrected chi connectivity index (χ1v) is 5.67. The van der Waals surface area contributed by atoms with Crippen LogP contribution < -0.4 is 5.32 Å². The molecule has 1 amide bonds. The maximum absolute atomic E-state index is 11.5. The number of carbonyl (C=O) groups is 1. The van der Waals surface area contributed by atoms with Gasteiger partial charge in [-0.2, -0.15) is 0 Å². The lowest BCUT2D eigenvalue weighted by atomic mass is 10.3. The Balaban J connectivity index is 1.77. The van der Waals surface area contributed by atoms with Crippen molar-refractivity contribution in [3.63, 3.8) is 0 Å². The molecule has 2 N–H and O–H groups in total. The molecule has 0 bridgehead atoms. The van der Waals surface area contributed by atoms with Gasteiger partial charge in [0.25, 0.3) is 5.91 Å². The summed E-state index contributed by atoms with van der Waals surface area (Å²) in [5.74, 6) is -0.0205. The van der Waals surface area contributed by atoms with Crippen molar-refractivity contribution in [2.24, 2.45) is 0 Å². The maximum Gasteiger partial charge on any atom is 0.252 e. The van der Waals surface area contributed by atoms with Gasteiger partial charge in [-0.25, -0.2) is 0 Å². The molecule has 0 aliphatic rings. The molecule has 0 spiro atoms. The molecule has 0 unspecified atom stereocenters. The fourth-order valence-electron chi connectivity index (χ4n) is 1.32. The SMILES string of the molecule is O=C(NCCc1cccs1)c1cc[nH]c1. The lowest BCUT2D eigenvalue weighted by molar-refractivity contribution is 0.0954. The van der Waals surface area contributed by atoms with E-state index in [0.717, 1.165) is 6.42 Å². The number of carbonyl (C=O) groups excluding carboxylic acids is 1. The number of aromatic nitrogens is 1. The number of aromatic amines is 1. The molecule has 2 aromatic rings. The second kappa shape index (κ2) is 4.79. The Kier molecular flexibility index (Phi) is 3.19. The molecule has 2 aromatic heterocycles. The van der Waals surface area contributed by atoms with E-state index in [1.54, 1.807) is 29.8 Å². The highest BCUT2D eigenvalue weighted by Gasteiger charge is 2.04. The Bertz CT molecular complexity index is 406. The van der Waals surface area contributed by atoms with Crippen molar-refractivity contribution in [3.8, 4) is 0 Å². The molecule has 0 atom stereocenters. The van der Waals surface area contributed by atoms with Crippen molar-refractivity contribution < 1.29 is 4.79 Å². The lowest BCUT2D eigenvalue weighted by Crippen LogP contribution is -2.25. The highest BCUT2D eigenvalue weighted by Crippen LogP contribution is 2.08. The molecule has 0 radical (unpaired) electrons. The third kappa shape index (κ3) is 2.70. The fraction of sp³-hybridized carbons (Fsp3) is 0.182. The zero-order valence-electron chi connectivity index (χ0n) is 8.19. The van der Waals surface area contributed by atoms with E-state index in [9.17, 15) is 4.79 Å². The average molecular weight is 220 g/mol. The molecule has 0 aliphatic carbocycles. The number of hydrogen-bond donors (Lipinski definition) is 2. The van der Waals surface area contributed by atoms with Crippen LogP contribution in [0.15, 0.2) is 36.0 Å². The summed E-state index contributed by atoms with van der Waals surface area (Å²) in [6, 6.07) is 5.86. The van der Waals surface area contributed by atoms with E-state index < -0.39 is 0 Å². The van der Waals surface area contributed by atoms with Gasteiger partial charge in [0.05, 0.1) is 5.56 Å². The monoisotopic (exact) mass is 220 g/mol. The Labute approximate surface area is 92.1 Å². The van der Waals surface area contributed by atoms with Crippen LogP contribution in [0.4, 0.5) is 0 Å². The number of rotatable bonds is 4. The quantitative estimate of drug-likeness (QED) is 0.813. The van der Waals surface area contributed by atoms with E-state index in [4.69, 9.17) is 0 Å². The summed E-state index contributed by atoms with van der Waals surface area (Å²) in [7, 11) is 0. The van der Waals surface area contributed by atoms with Gasteiger partial charge in [-0.1, -0.05) is 6.07 Å². The van der Waals surface area contributed by atoms with E-state index in [1.165, 1.54) is 4.88 Å². The Morgan fingerprint density at radius 1 is 1.47 bits per heavy atom. The molecule has 2 rings (SSSR count). The smallest absolute Gasteiger partial charge is 0.252 e. The van der Waals surface area contributed by atoms with Crippen molar-refractivity contribution in [1.29, 1.82) is 0 Å². The standard InChI is InChI=1S/C11H12N2OS/c14-11(9-3-5-12-8-9)13-6-4-10-2-1-7-15-10/h1-3,5,7-8,12H,4,6H2,(H,13,14). The molecule has 3 nitrogen and oxygen atoms in total. The van der Waals surface area contributed by atoms with E-state index in [-0.39, 0.29) is 5.91 Å². The summed E-state index contributed by atoms with van der Waals surface area (Å²) in [5.41, 5.74) is 0.682. The Morgan fingerprint density at radius 3 is 3.07 bits per heavy atom.